The normalized spacial score (nSPS) is 20.2. The molecule has 162 valence electrons. The lowest BCUT2D eigenvalue weighted by atomic mass is 9.88. The summed E-state index contributed by atoms with van der Waals surface area (Å²) < 4.78 is 0. The van der Waals surface area contributed by atoms with E-state index in [1.165, 1.54) is 21.9 Å². The number of carbonyl (C=O) groups is 1. The highest BCUT2D eigenvalue weighted by atomic mass is 16.3. The number of nitrogens with zero attached hydrogens (tertiary/aromatic N) is 1. The van der Waals surface area contributed by atoms with Crippen LogP contribution in [0.3, 0.4) is 0 Å². The lowest BCUT2D eigenvalue weighted by Crippen LogP contribution is -2.44. The number of hydrogen-bond donors (Lipinski definition) is 2. The summed E-state index contributed by atoms with van der Waals surface area (Å²) in [6.45, 7) is 7.44. The Labute approximate surface area is 184 Å². The van der Waals surface area contributed by atoms with Crippen molar-refractivity contribution in [2.24, 2.45) is 5.92 Å². The van der Waals surface area contributed by atoms with E-state index in [-0.39, 0.29) is 23.8 Å². The maximum Gasteiger partial charge on any atom is 0.253 e. The molecule has 0 saturated carbocycles. The Morgan fingerprint density at radius 3 is 2.45 bits per heavy atom. The van der Waals surface area contributed by atoms with Crippen LogP contribution in [0.5, 0.6) is 0 Å². The van der Waals surface area contributed by atoms with Crippen molar-refractivity contribution in [3.63, 3.8) is 0 Å². The van der Waals surface area contributed by atoms with Gasteiger partial charge >= 0.3 is 0 Å². The quantitative estimate of drug-likeness (QED) is 0.622. The molecule has 2 unspecified atom stereocenters. The monoisotopic (exact) mass is 416 g/mol. The van der Waals surface area contributed by atoms with Crippen molar-refractivity contribution in [1.29, 1.82) is 0 Å². The van der Waals surface area contributed by atoms with E-state index in [1.807, 2.05) is 11.0 Å². The number of fused-ring (bicyclic) bond motifs is 1. The first-order chi connectivity index (χ1) is 14.8. The number of carbonyl (C=O) groups excluding carboxylic acids is 1. The Hall–Kier alpha value is -2.69. The molecule has 0 aromatic heterocycles. The fourth-order valence-corrected chi connectivity index (χ4v) is 4.77. The van der Waals surface area contributed by atoms with Gasteiger partial charge in [0.25, 0.3) is 5.91 Å². The maximum absolute atomic E-state index is 12.8. The van der Waals surface area contributed by atoms with Gasteiger partial charge in [-0.2, -0.15) is 0 Å². The number of hydrogen-bond acceptors (Lipinski definition) is 3. The molecule has 3 aromatic carbocycles. The van der Waals surface area contributed by atoms with Crippen molar-refractivity contribution in [3.05, 3.63) is 83.9 Å². The van der Waals surface area contributed by atoms with Gasteiger partial charge in [0.1, 0.15) is 5.60 Å². The van der Waals surface area contributed by atoms with Gasteiger partial charge in [0, 0.05) is 31.6 Å². The molecule has 2 N–H and O–H groups in total. The molecule has 0 aliphatic carbocycles. The number of rotatable bonds is 6. The van der Waals surface area contributed by atoms with Crippen LogP contribution in [-0.4, -0.2) is 41.1 Å². The van der Waals surface area contributed by atoms with Crippen molar-refractivity contribution in [2.75, 3.05) is 19.6 Å². The number of likely N-dealkylation sites (tertiary alicyclic amines) is 1. The fraction of sp³-hybridized carbons (Fsp3) is 0.370. The van der Waals surface area contributed by atoms with E-state index in [1.54, 1.807) is 13.8 Å². The van der Waals surface area contributed by atoms with Crippen molar-refractivity contribution >= 4 is 16.7 Å². The number of aliphatic hydroxyl groups is 1. The Balaban J connectivity index is 1.52. The summed E-state index contributed by atoms with van der Waals surface area (Å²) in [5, 5.41) is 16.5. The topological polar surface area (TPSA) is 52.6 Å². The van der Waals surface area contributed by atoms with Gasteiger partial charge < -0.3 is 15.3 Å². The third-order valence-corrected chi connectivity index (χ3v) is 6.46. The van der Waals surface area contributed by atoms with Crippen molar-refractivity contribution in [2.45, 2.75) is 38.3 Å². The summed E-state index contributed by atoms with van der Waals surface area (Å²) in [6, 6.07) is 25.5. The van der Waals surface area contributed by atoms with E-state index in [9.17, 15) is 9.90 Å². The average Bonchev–Trinajstić information content (AvgIpc) is 3.20. The fourth-order valence-electron chi connectivity index (χ4n) is 4.77. The summed E-state index contributed by atoms with van der Waals surface area (Å²) >= 11 is 0. The molecule has 1 aliphatic heterocycles. The molecule has 1 saturated heterocycles. The molecule has 1 heterocycles. The molecular weight excluding hydrogens is 384 g/mol. The summed E-state index contributed by atoms with van der Waals surface area (Å²) in [5.74, 6) is 0.337. The number of nitrogens with one attached hydrogen (secondary N) is 1. The van der Waals surface area contributed by atoms with Crippen LogP contribution >= 0.6 is 0 Å². The zero-order chi connectivity index (χ0) is 22.0. The third-order valence-electron chi connectivity index (χ3n) is 6.46. The predicted octanol–water partition coefficient (Wildman–Crippen LogP) is 4.50. The van der Waals surface area contributed by atoms with Gasteiger partial charge in [-0.3, -0.25) is 4.79 Å². The smallest absolute Gasteiger partial charge is 0.253 e. The highest BCUT2D eigenvalue weighted by Crippen LogP contribution is 2.34. The second-order valence-corrected chi connectivity index (χ2v) is 9.24. The van der Waals surface area contributed by atoms with Gasteiger partial charge in [0.2, 0.25) is 0 Å². The predicted molar refractivity (Wildman–Crippen MR) is 126 cm³/mol. The van der Waals surface area contributed by atoms with Crippen LogP contribution in [-0.2, 0) is 4.79 Å². The highest BCUT2D eigenvalue weighted by molar-refractivity contribution is 5.86. The largest absolute Gasteiger partial charge is 0.381 e. The van der Waals surface area contributed by atoms with Crippen LogP contribution in [0.25, 0.3) is 10.8 Å². The molecule has 4 rings (SSSR count). The van der Waals surface area contributed by atoms with Crippen LogP contribution < -0.4 is 5.32 Å². The summed E-state index contributed by atoms with van der Waals surface area (Å²) in [4.78, 5) is 14.6. The highest BCUT2D eigenvalue weighted by Gasteiger charge is 2.40. The Morgan fingerprint density at radius 1 is 1.03 bits per heavy atom. The molecule has 0 spiro atoms. The van der Waals surface area contributed by atoms with Crippen LogP contribution in [0.1, 0.15) is 43.9 Å². The molecule has 4 nitrogen and oxygen atoms in total. The minimum atomic E-state index is -1.35. The molecule has 4 heteroatoms. The van der Waals surface area contributed by atoms with Crippen LogP contribution in [0, 0.1) is 5.92 Å². The number of benzene rings is 3. The van der Waals surface area contributed by atoms with Crippen molar-refractivity contribution in [1.82, 2.24) is 10.2 Å². The zero-order valence-electron chi connectivity index (χ0n) is 18.6. The van der Waals surface area contributed by atoms with E-state index in [2.05, 4.69) is 79.0 Å². The van der Waals surface area contributed by atoms with E-state index in [0.717, 1.165) is 6.54 Å². The lowest BCUT2D eigenvalue weighted by Gasteiger charge is -2.25. The first-order valence-corrected chi connectivity index (χ1v) is 11.1. The Bertz CT molecular complexity index is 1040. The molecular formula is C27H32N2O2. The minimum Gasteiger partial charge on any atom is -0.381 e. The minimum absolute atomic E-state index is 0.196. The second kappa shape index (κ2) is 8.81. The van der Waals surface area contributed by atoms with Gasteiger partial charge in [-0.1, -0.05) is 72.8 Å². The second-order valence-electron chi connectivity index (χ2n) is 9.24. The lowest BCUT2D eigenvalue weighted by molar-refractivity contribution is -0.146. The third kappa shape index (κ3) is 4.65. The maximum atomic E-state index is 12.8. The molecule has 0 radical (unpaired) electrons. The molecule has 31 heavy (non-hydrogen) atoms. The van der Waals surface area contributed by atoms with Gasteiger partial charge in [-0.05, 0) is 48.6 Å². The van der Waals surface area contributed by atoms with Gasteiger partial charge in [0.15, 0.2) is 0 Å². The van der Waals surface area contributed by atoms with Crippen LogP contribution in [0.4, 0.5) is 0 Å². The van der Waals surface area contributed by atoms with E-state index in [0.29, 0.717) is 13.1 Å². The standard InChI is InChI=1S/C27H32N2O2/c1-19(23-15-9-13-20-12-7-8-14-24(20)23)28-16-22-17-29(26(30)27(2,3)31)18-25(22)21-10-5-4-6-11-21/h4-15,19,22,25,28,31H,16-18H2,1-3H3/t19-,22?,25?/m1/s1. The molecule has 0 bridgehead atoms. The van der Waals surface area contributed by atoms with Crippen molar-refractivity contribution in [3.8, 4) is 0 Å². The first-order valence-electron chi connectivity index (χ1n) is 11.1. The van der Waals surface area contributed by atoms with E-state index >= 15 is 0 Å². The molecule has 1 fully saturated rings. The van der Waals surface area contributed by atoms with Gasteiger partial charge in [-0.15, -0.1) is 0 Å². The van der Waals surface area contributed by atoms with Gasteiger partial charge in [-0.25, -0.2) is 0 Å². The Kier molecular flexibility index (Phi) is 6.12. The molecule has 1 amide bonds. The summed E-state index contributed by atoms with van der Waals surface area (Å²) in [5.41, 5.74) is 1.19. The molecule has 3 aromatic rings. The first kappa shape index (κ1) is 21.5. The van der Waals surface area contributed by atoms with E-state index < -0.39 is 5.60 Å². The van der Waals surface area contributed by atoms with Crippen LogP contribution in [0.15, 0.2) is 72.8 Å². The van der Waals surface area contributed by atoms with Crippen LogP contribution in [0.2, 0.25) is 0 Å². The van der Waals surface area contributed by atoms with Gasteiger partial charge in [0.05, 0.1) is 0 Å². The zero-order valence-corrected chi connectivity index (χ0v) is 18.6. The SMILES string of the molecule is C[C@@H](NCC1CN(C(=O)C(C)(C)O)CC1c1ccccc1)c1cccc2ccccc12. The average molecular weight is 417 g/mol. The molecule has 3 atom stereocenters. The Morgan fingerprint density at radius 2 is 1.71 bits per heavy atom. The number of amides is 1. The summed E-state index contributed by atoms with van der Waals surface area (Å²) in [7, 11) is 0. The molecule has 1 aliphatic rings. The van der Waals surface area contributed by atoms with Crippen molar-refractivity contribution < 1.29 is 9.90 Å². The summed E-state index contributed by atoms with van der Waals surface area (Å²) in [6.07, 6.45) is 0. The van der Waals surface area contributed by atoms with E-state index in [4.69, 9.17) is 0 Å².